The number of pyridine rings is 1. The van der Waals surface area contributed by atoms with Crippen molar-refractivity contribution in [1.29, 1.82) is 5.26 Å². The first-order valence-electron chi connectivity index (χ1n) is 7.97. The highest BCUT2D eigenvalue weighted by Crippen LogP contribution is 2.23. The Bertz CT molecular complexity index is 815. The fraction of sp³-hybridized carbons (Fsp3) is 0.438. The van der Waals surface area contributed by atoms with E-state index in [1.54, 1.807) is 11.8 Å². The Kier molecular flexibility index (Phi) is 5.14. The highest BCUT2D eigenvalue weighted by molar-refractivity contribution is 6.33. The van der Waals surface area contributed by atoms with Crippen LogP contribution in [0.15, 0.2) is 16.8 Å². The van der Waals surface area contributed by atoms with Gasteiger partial charge >= 0.3 is 0 Å². The van der Waals surface area contributed by atoms with Gasteiger partial charge in [-0.3, -0.25) is 4.79 Å². The zero-order chi connectivity index (χ0) is 17.8. The number of nitrogens with one attached hydrogen (secondary N) is 1. The molecule has 1 N–H and O–H groups in total. The van der Waals surface area contributed by atoms with Crippen molar-refractivity contribution in [2.75, 3.05) is 11.9 Å². The number of carbonyl (C=O) groups is 1. The highest BCUT2D eigenvalue weighted by Gasteiger charge is 2.28. The molecule has 25 heavy (non-hydrogen) atoms. The summed E-state index contributed by atoms with van der Waals surface area (Å²) in [4.78, 5) is 22.8. The Hall–Kier alpha value is -2.66. The van der Waals surface area contributed by atoms with E-state index in [0.717, 1.165) is 12.8 Å². The van der Waals surface area contributed by atoms with Crippen molar-refractivity contribution in [3.8, 4) is 6.07 Å². The highest BCUT2D eigenvalue weighted by atomic mass is 35.5. The number of rotatable bonds is 4. The van der Waals surface area contributed by atoms with E-state index in [2.05, 4.69) is 20.4 Å². The van der Waals surface area contributed by atoms with Crippen LogP contribution in [0.25, 0.3) is 0 Å². The maximum atomic E-state index is 12.8. The first-order chi connectivity index (χ1) is 12.1. The summed E-state index contributed by atoms with van der Waals surface area (Å²) in [5.41, 5.74) is 0.371. The fourth-order valence-corrected chi connectivity index (χ4v) is 2.95. The normalized spacial score (nSPS) is 17.9. The topological polar surface area (TPSA) is 108 Å². The molecular weight excluding hydrogens is 344 g/mol. The molecule has 1 aliphatic rings. The Balaban J connectivity index is 1.74. The van der Waals surface area contributed by atoms with Crippen LogP contribution in [0.1, 0.15) is 36.5 Å². The lowest BCUT2D eigenvalue weighted by molar-refractivity contribution is -0.132. The van der Waals surface area contributed by atoms with E-state index >= 15 is 0 Å². The van der Waals surface area contributed by atoms with E-state index in [4.69, 9.17) is 21.4 Å². The minimum atomic E-state index is -0.440. The molecule has 3 rings (SSSR count). The summed E-state index contributed by atoms with van der Waals surface area (Å²) in [5, 5.41) is 16.0. The van der Waals surface area contributed by atoms with Gasteiger partial charge in [-0.15, -0.1) is 0 Å². The SMILES string of the molecule is Cc1noc(CN2CCCCC(Nc3ncc(C#N)cc3Cl)C2=O)n1. The van der Waals surface area contributed by atoms with E-state index in [9.17, 15) is 4.79 Å². The van der Waals surface area contributed by atoms with Crippen LogP contribution in [0.5, 0.6) is 0 Å². The molecule has 1 fully saturated rings. The molecule has 1 saturated heterocycles. The molecule has 9 heteroatoms. The number of amides is 1. The molecule has 3 heterocycles. The average molecular weight is 361 g/mol. The van der Waals surface area contributed by atoms with Crippen LogP contribution < -0.4 is 5.32 Å². The van der Waals surface area contributed by atoms with Gasteiger partial charge in [-0.05, 0) is 32.3 Å². The molecule has 1 amide bonds. The summed E-state index contributed by atoms with van der Waals surface area (Å²) in [5.74, 6) is 1.30. The van der Waals surface area contributed by atoms with Gasteiger partial charge in [0.2, 0.25) is 11.8 Å². The van der Waals surface area contributed by atoms with E-state index in [1.807, 2.05) is 6.07 Å². The zero-order valence-corrected chi connectivity index (χ0v) is 14.5. The Labute approximate surface area is 149 Å². The lowest BCUT2D eigenvalue weighted by Crippen LogP contribution is -2.41. The van der Waals surface area contributed by atoms with Crippen molar-refractivity contribution in [2.45, 2.75) is 38.8 Å². The average Bonchev–Trinajstić information content (AvgIpc) is 2.93. The van der Waals surface area contributed by atoms with Gasteiger partial charge in [0.15, 0.2) is 5.82 Å². The summed E-state index contributed by atoms with van der Waals surface area (Å²) < 4.78 is 5.11. The van der Waals surface area contributed by atoms with Crippen LogP contribution in [-0.2, 0) is 11.3 Å². The minimum absolute atomic E-state index is 0.0596. The largest absolute Gasteiger partial charge is 0.357 e. The Morgan fingerprint density at radius 2 is 2.36 bits per heavy atom. The van der Waals surface area contributed by atoms with Crippen LogP contribution in [0, 0.1) is 18.3 Å². The van der Waals surface area contributed by atoms with Crippen molar-refractivity contribution in [3.05, 3.63) is 34.6 Å². The van der Waals surface area contributed by atoms with Crippen LogP contribution in [0.2, 0.25) is 5.02 Å². The molecule has 2 aromatic rings. The second-order valence-corrected chi connectivity index (χ2v) is 6.26. The number of nitriles is 1. The van der Waals surface area contributed by atoms with Crippen LogP contribution in [0.3, 0.4) is 0 Å². The summed E-state index contributed by atoms with van der Waals surface area (Å²) in [6.07, 6.45) is 3.90. The van der Waals surface area contributed by atoms with Crippen LogP contribution >= 0.6 is 11.6 Å². The van der Waals surface area contributed by atoms with E-state index < -0.39 is 6.04 Å². The second-order valence-electron chi connectivity index (χ2n) is 5.85. The van der Waals surface area contributed by atoms with Gasteiger partial charge in [-0.2, -0.15) is 10.2 Å². The number of aryl methyl sites for hydroxylation is 1. The Morgan fingerprint density at radius 3 is 3.04 bits per heavy atom. The van der Waals surface area contributed by atoms with Crippen molar-refractivity contribution in [3.63, 3.8) is 0 Å². The van der Waals surface area contributed by atoms with Crippen LogP contribution in [-0.4, -0.2) is 38.5 Å². The number of anilines is 1. The summed E-state index contributed by atoms with van der Waals surface area (Å²) in [7, 11) is 0. The number of aromatic nitrogens is 3. The number of hydrogen-bond donors (Lipinski definition) is 1. The molecule has 0 bridgehead atoms. The first kappa shape index (κ1) is 17.2. The molecule has 1 aliphatic heterocycles. The smallest absolute Gasteiger partial charge is 0.246 e. The summed E-state index contributed by atoms with van der Waals surface area (Å²) >= 11 is 6.15. The third kappa shape index (κ3) is 4.06. The molecule has 0 aromatic carbocycles. The van der Waals surface area contributed by atoms with E-state index in [1.165, 1.54) is 12.3 Å². The second kappa shape index (κ2) is 7.49. The van der Waals surface area contributed by atoms with Gasteiger partial charge in [-0.25, -0.2) is 4.98 Å². The summed E-state index contributed by atoms with van der Waals surface area (Å²) in [6.45, 7) is 2.65. The lowest BCUT2D eigenvalue weighted by Gasteiger charge is -2.24. The third-order valence-corrected chi connectivity index (χ3v) is 4.25. The minimum Gasteiger partial charge on any atom is -0.357 e. The lowest BCUT2D eigenvalue weighted by atomic mass is 10.1. The molecule has 0 radical (unpaired) electrons. The predicted molar refractivity (Wildman–Crippen MR) is 89.7 cm³/mol. The summed E-state index contributed by atoms with van der Waals surface area (Å²) in [6, 6.07) is 3.07. The molecule has 1 unspecified atom stereocenters. The Morgan fingerprint density at radius 1 is 1.52 bits per heavy atom. The van der Waals surface area contributed by atoms with Crippen LogP contribution in [0.4, 0.5) is 5.82 Å². The van der Waals surface area contributed by atoms with Crippen molar-refractivity contribution in [1.82, 2.24) is 20.0 Å². The number of carbonyl (C=O) groups excluding carboxylic acids is 1. The molecule has 0 aliphatic carbocycles. The van der Waals surface area contributed by atoms with E-state index in [0.29, 0.717) is 41.1 Å². The monoisotopic (exact) mass is 360 g/mol. The molecule has 1 atom stereocenters. The van der Waals surface area contributed by atoms with Gasteiger partial charge in [-0.1, -0.05) is 16.8 Å². The number of halogens is 1. The van der Waals surface area contributed by atoms with Gasteiger partial charge in [0.1, 0.15) is 24.5 Å². The van der Waals surface area contributed by atoms with Gasteiger partial charge in [0, 0.05) is 12.7 Å². The maximum absolute atomic E-state index is 12.8. The van der Waals surface area contributed by atoms with Gasteiger partial charge in [0.25, 0.3) is 0 Å². The number of hydrogen-bond acceptors (Lipinski definition) is 7. The standard InChI is InChI=1S/C16H17ClN6O2/c1-10-20-14(25-22-10)9-23-5-3-2-4-13(16(23)24)21-15-12(17)6-11(7-18)8-19-15/h6,8,13H,2-5,9H2,1H3,(H,19,21). The maximum Gasteiger partial charge on any atom is 0.246 e. The molecule has 0 spiro atoms. The van der Waals surface area contributed by atoms with Gasteiger partial charge in [0.05, 0.1) is 10.6 Å². The third-order valence-electron chi connectivity index (χ3n) is 3.96. The van der Waals surface area contributed by atoms with Gasteiger partial charge < -0.3 is 14.7 Å². The number of nitrogens with zero attached hydrogens (tertiary/aromatic N) is 5. The van der Waals surface area contributed by atoms with E-state index in [-0.39, 0.29) is 12.5 Å². The molecule has 8 nitrogen and oxygen atoms in total. The molecule has 0 saturated carbocycles. The fourth-order valence-electron chi connectivity index (χ4n) is 2.73. The molecule has 2 aromatic heterocycles. The van der Waals surface area contributed by atoms with Crippen molar-refractivity contribution in [2.24, 2.45) is 0 Å². The molecule has 130 valence electrons. The molecular formula is C16H17ClN6O2. The quantitative estimate of drug-likeness (QED) is 0.890. The van der Waals surface area contributed by atoms with Crippen molar-refractivity contribution >= 4 is 23.3 Å². The number of likely N-dealkylation sites (tertiary alicyclic amines) is 1. The predicted octanol–water partition coefficient (Wildman–Crippen LogP) is 2.29. The first-order valence-corrected chi connectivity index (χ1v) is 8.35. The zero-order valence-electron chi connectivity index (χ0n) is 13.7. The van der Waals surface area contributed by atoms with Crippen molar-refractivity contribution < 1.29 is 9.32 Å².